The maximum absolute atomic E-state index is 12.3. The van der Waals surface area contributed by atoms with E-state index < -0.39 is 0 Å². The van der Waals surface area contributed by atoms with Crippen molar-refractivity contribution in [2.75, 3.05) is 0 Å². The van der Waals surface area contributed by atoms with Crippen molar-refractivity contribution in [1.29, 1.82) is 0 Å². The van der Waals surface area contributed by atoms with Crippen LogP contribution in [0.4, 0.5) is 0 Å². The molecular formula is C16H15ClOS. The number of thiophene rings is 1. The molecule has 1 nitrogen and oxygen atoms in total. The van der Waals surface area contributed by atoms with Gasteiger partial charge in [0.1, 0.15) is 0 Å². The summed E-state index contributed by atoms with van der Waals surface area (Å²) in [6, 6.07) is 10.3. The summed E-state index contributed by atoms with van der Waals surface area (Å²) in [5.74, 6) is 0.539. The second-order valence-corrected chi connectivity index (χ2v) is 6.34. The van der Waals surface area contributed by atoms with Gasteiger partial charge < -0.3 is 0 Å². The molecule has 1 aliphatic rings. The standard InChI is InChI=1S/C16H15ClOS/c17-14-8-9-19-16(14)15(18)10-12-6-3-5-11-4-1-2-7-13(11)12/h1-2,4,7-9,12H,3,5-6,10H2. The highest BCUT2D eigenvalue weighted by atomic mass is 35.5. The number of hydrogen-bond donors (Lipinski definition) is 0. The topological polar surface area (TPSA) is 17.1 Å². The Balaban J connectivity index is 1.82. The fourth-order valence-electron chi connectivity index (χ4n) is 2.88. The van der Waals surface area contributed by atoms with Crippen LogP contribution in [0.2, 0.25) is 5.02 Å². The SMILES string of the molecule is O=C(CC1CCCc2ccccc21)c1sccc1Cl. The van der Waals surface area contributed by atoms with Gasteiger partial charge in [-0.1, -0.05) is 35.9 Å². The molecule has 1 aliphatic carbocycles. The van der Waals surface area contributed by atoms with Crippen LogP contribution in [0.3, 0.4) is 0 Å². The van der Waals surface area contributed by atoms with Gasteiger partial charge in [-0.3, -0.25) is 4.79 Å². The molecule has 1 unspecified atom stereocenters. The zero-order valence-corrected chi connectivity index (χ0v) is 12.1. The molecule has 2 aromatic rings. The molecule has 0 spiro atoms. The van der Waals surface area contributed by atoms with Crippen molar-refractivity contribution in [3.63, 3.8) is 0 Å². The number of hydrogen-bond acceptors (Lipinski definition) is 2. The Kier molecular flexibility index (Phi) is 3.72. The Bertz CT molecular complexity index is 602. The van der Waals surface area contributed by atoms with E-state index in [0.29, 0.717) is 22.2 Å². The van der Waals surface area contributed by atoms with Gasteiger partial charge in [-0.25, -0.2) is 0 Å². The van der Waals surface area contributed by atoms with Gasteiger partial charge in [0, 0.05) is 6.42 Å². The number of Topliss-reactive ketones (excluding diaryl/α,β-unsaturated/α-hetero) is 1. The van der Waals surface area contributed by atoms with Crippen molar-refractivity contribution in [3.8, 4) is 0 Å². The fraction of sp³-hybridized carbons (Fsp3) is 0.312. The molecule has 1 heterocycles. The van der Waals surface area contributed by atoms with E-state index in [4.69, 9.17) is 11.6 Å². The molecule has 1 aromatic heterocycles. The van der Waals surface area contributed by atoms with E-state index in [1.807, 2.05) is 5.38 Å². The summed E-state index contributed by atoms with van der Waals surface area (Å²) in [6.07, 6.45) is 4.00. The number of halogens is 1. The van der Waals surface area contributed by atoms with Crippen molar-refractivity contribution >= 4 is 28.7 Å². The Hall–Kier alpha value is -1.12. The van der Waals surface area contributed by atoms with E-state index in [1.54, 1.807) is 6.07 Å². The molecule has 3 rings (SSSR count). The van der Waals surface area contributed by atoms with E-state index in [0.717, 1.165) is 12.8 Å². The number of carbonyl (C=O) groups excluding carboxylic acids is 1. The molecule has 98 valence electrons. The molecule has 0 bridgehead atoms. The Morgan fingerprint density at radius 3 is 2.95 bits per heavy atom. The average molecular weight is 291 g/mol. The quantitative estimate of drug-likeness (QED) is 0.719. The lowest BCUT2D eigenvalue weighted by Crippen LogP contribution is -2.13. The molecule has 1 atom stereocenters. The maximum Gasteiger partial charge on any atom is 0.174 e. The number of rotatable bonds is 3. The van der Waals surface area contributed by atoms with E-state index in [1.165, 1.54) is 28.9 Å². The van der Waals surface area contributed by atoms with Gasteiger partial charge >= 0.3 is 0 Å². The van der Waals surface area contributed by atoms with Crippen LogP contribution in [0.5, 0.6) is 0 Å². The third-order valence-electron chi connectivity index (χ3n) is 3.80. The number of aryl methyl sites for hydroxylation is 1. The molecule has 0 fully saturated rings. The van der Waals surface area contributed by atoms with Gasteiger partial charge in [0.15, 0.2) is 5.78 Å². The molecular weight excluding hydrogens is 276 g/mol. The minimum atomic E-state index is 0.182. The third kappa shape index (κ3) is 2.60. The number of benzene rings is 1. The van der Waals surface area contributed by atoms with Crippen LogP contribution in [0.15, 0.2) is 35.7 Å². The van der Waals surface area contributed by atoms with E-state index in [-0.39, 0.29) is 5.78 Å². The zero-order valence-electron chi connectivity index (χ0n) is 10.6. The lowest BCUT2D eigenvalue weighted by atomic mass is 9.80. The first-order valence-electron chi connectivity index (χ1n) is 6.59. The van der Waals surface area contributed by atoms with Crippen molar-refractivity contribution in [2.24, 2.45) is 0 Å². The first-order valence-corrected chi connectivity index (χ1v) is 7.85. The predicted octanol–water partition coefficient (Wildman–Crippen LogP) is 5.09. The second kappa shape index (κ2) is 5.48. The van der Waals surface area contributed by atoms with Gasteiger partial charge in [-0.15, -0.1) is 11.3 Å². The van der Waals surface area contributed by atoms with Crippen LogP contribution in [0.1, 0.15) is 46.0 Å². The highest BCUT2D eigenvalue weighted by Gasteiger charge is 2.24. The second-order valence-electron chi connectivity index (χ2n) is 5.01. The molecule has 0 N–H and O–H groups in total. The van der Waals surface area contributed by atoms with Gasteiger partial charge in [0.2, 0.25) is 0 Å². The summed E-state index contributed by atoms with van der Waals surface area (Å²) in [5, 5.41) is 2.48. The maximum atomic E-state index is 12.3. The normalized spacial score (nSPS) is 18.1. The van der Waals surface area contributed by atoms with Crippen molar-refractivity contribution in [3.05, 3.63) is 56.7 Å². The van der Waals surface area contributed by atoms with Crippen LogP contribution in [-0.4, -0.2) is 5.78 Å². The van der Waals surface area contributed by atoms with Crippen molar-refractivity contribution in [2.45, 2.75) is 31.6 Å². The Morgan fingerprint density at radius 1 is 1.32 bits per heavy atom. The summed E-state index contributed by atoms with van der Waals surface area (Å²) in [5.41, 5.74) is 2.76. The van der Waals surface area contributed by atoms with Crippen molar-refractivity contribution < 1.29 is 4.79 Å². The highest BCUT2D eigenvalue weighted by Crippen LogP contribution is 2.36. The molecule has 0 saturated heterocycles. The molecule has 19 heavy (non-hydrogen) atoms. The molecule has 1 aromatic carbocycles. The predicted molar refractivity (Wildman–Crippen MR) is 80.4 cm³/mol. The molecule has 0 amide bonds. The van der Waals surface area contributed by atoms with E-state index in [9.17, 15) is 4.79 Å². The summed E-state index contributed by atoms with van der Waals surface area (Å²) in [6.45, 7) is 0. The molecule has 0 saturated carbocycles. The minimum absolute atomic E-state index is 0.182. The Labute approximate surface area is 122 Å². The summed E-state index contributed by atoms with van der Waals surface area (Å²) >= 11 is 7.49. The minimum Gasteiger partial charge on any atom is -0.293 e. The van der Waals surface area contributed by atoms with Crippen LogP contribution < -0.4 is 0 Å². The zero-order chi connectivity index (χ0) is 13.2. The fourth-order valence-corrected chi connectivity index (χ4v) is 3.99. The van der Waals surface area contributed by atoms with Crippen LogP contribution in [-0.2, 0) is 6.42 Å². The number of fused-ring (bicyclic) bond motifs is 1. The lowest BCUT2D eigenvalue weighted by molar-refractivity contribution is 0.0975. The van der Waals surface area contributed by atoms with E-state index in [2.05, 4.69) is 24.3 Å². The van der Waals surface area contributed by atoms with Gasteiger partial charge in [0.05, 0.1) is 9.90 Å². The molecule has 3 heteroatoms. The monoisotopic (exact) mass is 290 g/mol. The largest absolute Gasteiger partial charge is 0.293 e. The summed E-state index contributed by atoms with van der Waals surface area (Å²) in [4.78, 5) is 13.0. The summed E-state index contributed by atoms with van der Waals surface area (Å²) in [7, 11) is 0. The molecule has 0 radical (unpaired) electrons. The first-order chi connectivity index (χ1) is 9.25. The number of carbonyl (C=O) groups is 1. The van der Waals surface area contributed by atoms with Gasteiger partial charge in [0.25, 0.3) is 0 Å². The average Bonchev–Trinajstić information content (AvgIpc) is 2.85. The van der Waals surface area contributed by atoms with Gasteiger partial charge in [-0.2, -0.15) is 0 Å². The highest BCUT2D eigenvalue weighted by molar-refractivity contribution is 7.12. The Morgan fingerprint density at radius 2 is 2.16 bits per heavy atom. The number of ketones is 1. The summed E-state index contributed by atoms with van der Waals surface area (Å²) < 4.78 is 0. The van der Waals surface area contributed by atoms with Crippen LogP contribution in [0, 0.1) is 0 Å². The van der Waals surface area contributed by atoms with Crippen molar-refractivity contribution in [1.82, 2.24) is 0 Å². The van der Waals surface area contributed by atoms with E-state index >= 15 is 0 Å². The lowest BCUT2D eigenvalue weighted by Gasteiger charge is -2.24. The van der Waals surface area contributed by atoms with Crippen LogP contribution >= 0.6 is 22.9 Å². The third-order valence-corrected chi connectivity index (χ3v) is 5.18. The smallest absolute Gasteiger partial charge is 0.174 e. The van der Waals surface area contributed by atoms with Gasteiger partial charge in [-0.05, 0) is 47.8 Å². The first kappa shape index (κ1) is 12.9. The molecule has 0 aliphatic heterocycles. The van der Waals surface area contributed by atoms with Crippen LogP contribution in [0.25, 0.3) is 0 Å².